The average molecular weight is 137 g/mol. The van der Waals surface area contributed by atoms with Crippen molar-refractivity contribution in [3.05, 3.63) is 12.3 Å². The highest BCUT2D eigenvalue weighted by Crippen LogP contribution is 2.21. The zero-order valence-electron chi connectivity index (χ0n) is 5.37. The number of hydrogen-bond acceptors (Lipinski definition) is 4. The molecule has 1 aliphatic rings. The molecule has 1 N–H and O–H groups in total. The van der Waals surface area contributed by atoms with Gasteiger partial charge < -0.3 is 10.1 Å². The Hall–Kier alpha value is -1.32. The largest absolute Gasteiger partial charge is 0.488 e. The van der Waals surface area contributed by atoms with E-state index < -0.39 is 0 Å². The number of anilines is 1. The number of aromatic nitrogens is 2. The summed E-state index contributed by atoms with van der Waals surface area (Å²) in [6.07, 6.45) is 1.62. The Morgan fingerprint density at radius 3 is 3.50 bits per heavy atom. The molecule has 0 bridgehead atoms. The summed E-state index contributed by atoms with van der Waals surface area (Å²) in [5, 5.41) is 10.6. The molecule has 0 atom stereocenters. The molecule has 10 heavy (non-hydrogen) atoms. The van der Waals surface area contributed by atoms with E-state index in [-0.39, 0.29) is 0 Å². The van der Waals surface area contributed by atoms with Gasteiger partial charge in [0.2, 0.25) is 0 Å². The van der Waals surface area contributed by atoms with E-state index in [1.807, 2.05) is 0 Å². The van der Waals surface area contributed by atoms with Crippen LogP contribution in [0.3, 0.4) is 0 Å². The van der Waals surface area contributed by atoms with Crippen LogP contribution >= 0.6 is 0 Å². The SMILES string of the molecule is c1cc2c(nn1)NCCO2. The van der Waals surface area contributed by atoms with Gasteiger partial charge in [0, 0.05) is 6.07 Å². The number of hydrogen-bond donors (Lipinski definition) is 1. The highest BCUT2D eigenvalue weighted by molar-refractivity contribution is 5.49. The number of ether oxygens (including phenoxy) is 1. The van der Waals surface area contributed by atoms with E-state index in [9.17, 15) is 0 Å². The molecule has 1 aromatic rings. The molecular weight excluding hydrogens is 130 g/mol. The monoisotopic (exact) mass is 137 g/mol. The van der Waals surface area contributed by atoms with Crippen LogP contribution < -0.4 is 10.1 Å². The van der Waals surface area contributed by atoms with E-state index in [1.54, 1.807) is 12.3 Å². The lowest BCUT2D eigenvalue weighted by Crippen LogP contribution is -2.19. The molecule has 0 saturated carbocycles. The Morgan fingerprint density at radius 2 is 2.60 bits per heavy atom. The minimum Gasteiger partial charge on any atom is -0.488 e. The zero-order chi connectivity index (χ0) is 6.81. The lowest BCUT2D eigenvalue weighted by molar-refractivity contribution is 0.320. The minimum absolute atomic E-state index is 0.707. The number of rotatable bonds is 0. The van der Waals surface area contributed by atoms with E-state index >= 15 is 0 Å². The Balaban J connectivity index is 2.41. The zero-order valence-corrected chi connectivity index (χ0v) is 5.37. The third kappa shape index (κ3) is 0.775. The molecule has 0 unspecified atom stereocenters. The van der Waals surface area contributed by atoms with Gasteiger partial charge >= 0.3 is 0 Å². The van der Waals surface area contributed by atoms with Gasteiger partial charge in [0.25, 0.3) is 0 Å². The second-order valence-corrected chi connectivity index (χ2v) is 2.02. The van der Waals surface area contributed by atoms with E-state index in [2.05, 4.69) is 15.5 Å². The first-order chi connectivity index (χ1) is 4.97. The Kier molecular flexibility index (Phi) is 1.16. The molecule has 1 aliphatic heterocycles. The quantitative estimate of drug-likeness (QED) is 0.558. The van der Waals surface area contributed by atoms with Crippen LogP contribution in [-0.4, -0.2) is 23.3 Å². The van der Waals surface area contributed by atoms with Crippen LogP contribution in [0, 0.1) is 0 Å². The van der Waals surface area contributed by atoms with E-state index in [0.717, 1.165) is 18.1 Å². The van der Waals surface area contributed by atoms with Crippen molar-refractivity contribution >= 4 is 5.82 Å². The normalized spacial score (nSPS) is 14.8. The smallest absolute Gasteiger partial charge is 0.191 e. The number of nitrogens with one attached hydrogen (secondary N) is 1. The van der Waals surface area contributed by atoms with Crippen molar-refractivity contribution < 1.29 is 4.74 Å². The van der Waals surface area contributed by atoms with Gasteiger partial charge in [-0.05, 0) is 0 Å². The van der Waals surface area contributed by atoms with Crippen LogP contribution in [0.2, 0.25) is 0 Å². The number of fused-ring (bicyclic) bond motifs is 1. The first-order valence-electron chi connectivity index (χ1n) is 3.15. The van der Waals surface area contributed by atoms with Crippen LogP contribution in [0.1, 0.15) is 0 Å². The maximum absolute atomic E-state index is 5.26. The lowest BCUT2D eigenvalue weighted by atomic mass is 10.4. The predicted molar refractivity (Wildman–Crippen MR) is 36.0 cm³/mol. The van der Waals surface area contributed by atoms with Gasteiger partial charge in [0.1, 0.15) is 6.61 Å². The van der Waals surface area contributed by atoms with Crippen LogP contribution in [0.4, 0.5) is 5.82 Å². The Labute approximate surface area is 58.2 Å². The van der Waals surface area contributed by atoms with Crippen LogP contribution in [0.5, 0.6) is 5.75 Å². The van der Waals surface area contributed by atoms with Crippen molar-refractivity contribution in [3.8, 4) is 5.75 Å². The highest BCUT2D eigenvalue weighted by Gasteiger charge is 2.08. The molecule has 0 radical (unpaired) electrons. The molecule has 52 valence electrons. The van der Waals surface area contributed by atoms with Crippen LogP contribution in [0.25, 0.3) is 0 Å². The minimum atomic E-state index is 0.707. The van der Waals surface area contributed by atoms with Gasteiger partial charge in [-0.3, -0.25) is 0 Å². The van der Waals surface area contributed by atoms with Gasteiger partial charge in [-0.1, -0.05) is 0 Å². The summed E-state index contributed by atoms with van der Waals surface area (Å²) in [5.74, 6) is 1.54. The van der Waals surface area contributed by atoms with E-state index in [1.165, 1.54) is 0 Å². The van der Waals surface area contributed by atoms with Crippen molar-refractivity contribution in [3.63, 3.8) is 0 Å². The topological polar surface area (TPSA) is 47.0 Å². The van der Waals surface area contributed by atoms with Crippen molar-refractivity contribution in [1.82, 2.24) is 10.2 Å². The van der Waals surface area contributed by atoms with Crippen LogP contribution in [-0.2, 0) is 0 Å². The standard InChI is InChI=1S/C6H7N3O/c1-2-8-9-6-5(1)10-4-3-7-6/h1-2H,3-4H2,(H,7,9). The maximum Gasteiger partial charge on any atom is 0.191 e. The molecule has 0 aliphatic carbocycles. The molecule has 0 fully saturated rings. The highest BCUT2D eigenvalue weighted by atomic mass is 16.5. The first-order valence-corrected chi connectivity index (χ1v) is 3.15. The summed E-state index contributed by atoms with van der Waals surface area (Å²) in [6, 6.07) is 1.80. The lowest BCUT2D eigenvalue weighted by Gasteiger charge is -2.15. The first kappa shape index (κ1) is 5.46. The molecule has 0 amide bonds. The van der Waals surface area contributed by atoms with Gasteiger partial charge in [0.15, 0.2) is 11.6 Å². The van der Waals surface area contributed by atoms with E-state index in [0.29, 0.717) is 6.61 Å². The molecule has 4 nitrogen and oxygen atoms in total. The summed E-state index contributed by atoms with van der Waals surface area (Å²) >= 11 is 0. The molecule has 1 aromatic heterocycles. The maximum atomic E-state index is 5.26. The Bertz CT molecular complexity index is 213. The predicted octanol–water partition coefficient (Wildman–Crippen LogP) is 0.281. The average Bonchev–Trinajstić information content (AvgIpc) is 2.05. The summed E-state index contributed by atoms with van der Waals surface area (Å²) in [6.45, 7) is 1.52. The van der Waals surface area contributed by atoms with Gasteiger partial charge in [-0.2, -0.15) is 5.10 Å². The second kappa shape index (κ2) is 2.13. The third-order valence-corrected chi connectivity index (χ3v) is 1.34. The van der Waals surface area contributed by atoms with Crippen molar-refractivity contribution in [2.75, 3.05) is 18.5 Å². The molecule has 2 rings (SSSR count). The molecule has 4 heteroatoms. The molecule has 2 heterocycles. The van der Waals surface area contributed by atoms with Gasteiger partial charge in [-0.25, -0.2) is 0 Å². The summed E-state index contributed by atoms with van der Waals surface area (Å²) in [4.78, 5) is 0. The van der Waals surface area contributed by atoms with Gasteiger partial charge in [0.05, 0.1) is 12.7 Å². The third-order valence-electron chi connectivity index (χ3n) is 1.34. The van der Waals surface area contributed by atoms with Gasteiger partial charge in [-0.15, -0.1) is 5.10 Å². The summed E-state index contributed by atoms with van der Waals surface area (Å²) < 4.78 is 5.26. The summed E-state index contributed by atoms with van der Waals surface area (Å²) in [5.41, 5.74) is 0. The fourth-order valence-corrected chi connectivity index (χ4v) is 0.890. The second-order valence-electron chi connectivity index (χ2n) is 2.02. The van der Waals surface area contributed by atoms with Crippen molar-refractivity contribution in [2.24, 2.45) is 0 Å². The van der Waals surface area contributed by atoms with E-state index in [4.69, 9.17) is 4.74 Å². The van der Waals surface area contributed by atoms with Crippen molar-refractivity contribution in [1.29, 1.82) is 0 Å². The molecule has 0 aromatic carbocycles. The number of nitrogens with zero attached hydrogens (tertiary/aromatic N) is 2. The molecule has 0 spiro atoms. The fourth-order valence-electron chi connectivity index (χ4n) is 0.890. The van der Waals surface area contributed by atoms with Crippen LogP contribution in [0.15, 0.2) is 12.3 Å². The summed E-state index contributed by atoms with van der Waals surface area (Å²) in [7, 11) is 0. The molecular formula is C6H7N3O. The molecule has 0 saturated heterocycles. The fraction of sp³-hybridized carbons (Fsp3) is 0.333. The van der Waals surface area contributed by atoms with Crippen molar-refractivity contribution in [2.45, 2.75) is 0 Å². The Morgan fingerprint density at radius 1 is 1.60 bits per heavy atom.